The van der Waals surface area contributed by atoms with Crippen molar-refractivity contribution in [2.45, 2.75) is 13.1 Å². The molecule has 1 fully saturated rings. The van der Waals surface area contributed by atoms with E-state index in [-0.39, 0.29) is 5.75 Å². The van der Waals surface area contributed by atoms with Crippen LogP contribution >= 0.6 is 23.2 Å². The molecule has 172 valence electrons. The van der Waals surface area contributed by atoms with Crippen molar-refractivity contribution in [3.63, 3.8) is 0 Å². The van der Waals surface area contributed by atoms with Gasteiger partial charge in [0.1, 0.15) is 5.75 Å². The third kappa shape index (κ3) is 6.75. The lowest BCUT2D eigenvalue weighted by molar-refractivity contribution is 0.148. The highest BCUT2D eigenvalue weighted by Crippen LogP contribution is 2.25. The second-order valence-electron chi connectivity index (χ2n) is 8.52. The largest absolute Gasteiger partial charge is 0.508 e. The molecular formula is C27H29Cl2N3O. The Bertz CT molecular complexity index is 1110. The predicted octanol–water partition coefficient (Wildman–Crippen LogP) is 6.23. The van der Waals surface area contributed by atoms with Gasteiger partial charge in [0.2, 0.25) is 0 Å². The Balaban J connectivity index is 1.35. The summed E-state index contributed by atoms with van der Waals surface area (Å²) in [6.07, 6.45) is 3.97. The minimum absolute atomic E-state index is 0.279. The number of nitrogens with zero attached hydrogens (tertiary/aromatic N) is 2. The zero-order chi connectivity index (χ0) is 23.2. The lowest BCUT2D eigenvalue weighted by Crippen LogP contribution is -2.43. The number of nitrogens with one attached hydrogen (secondary N) is 1. The number of hydrogen-bond acceptors (Lipinski definition) is 4. The molecule has 1 aliphatic heterocycles. The average Bonchev–Trinajstić information content (AvgIpc) is 2.82. The van der Waals surface area contributed by atoms with Gasteiger partial charge in [-0.1, -0.05) is 59.6 Å². The molecule has 1 saturated heterocycles. The highest BCUT2D eigenvalue weighted by molar-refractivity contribution is 6.42. The molecule has 2 N–H and O–H groups in total. The van der Waals surface area contributed by atoms with E-state index in [4.69, 9.17) is 23.2 Å². The summed E-state index contributed by atoms with van der Waals surface area (Å²) in [5.41, 5.74) is 5.16. The number of aromatic hydroxyl groups is 1. The van der Waals surface area contributed by atoms with Crippen molar-refractivity contribution in [1.82, 2.24) is 9.80 Å². The number of phenols is 1. The SMILES string of the molecule is CN1CCN(Cc2ccc(NCc3cc(/C=C/c4ccc(Cl)c(Cl)c4)ccc3O)cc2)CC1. The molecule has 0 radical (unpaired) electrons. The molecule has 0 aliphatic carbocycles. The van der Waals surface area contributed by atoms with E-state index in [1.807, 2.05) is 36.4 Å². The molecule has 0 amide bonds. The van der Waals surface area contributed by atoms with Crippen LogP contribution in [-0.2, 0) is 13.1 Å². The second-order valence-corrected chi connectivity index (χ2v) is 9.34. The number of hydrogen-bond donors (Lipinski definition) is 2. The fraction of sp³-hybridized carbons (Fsp3) is 0.259. The molecule has 3 aromatic carbocycles. The van der Waals surface area contributed by atoms with E-state index in [1.54, 1.807) is 12.1 Å². The molecule has 33 heavy (non-hydrogen) atoms. The number of likely N-dealkylation sites (N-methyl/N-ethyl adjacent to an activating group) is 1. The van der Waals surface area contributed by atoms with E-state index in [2.05, 4.69) is 46.4 Å². The summed E-state index contributed by atoms with van der Waals surface area (Å²) in [5.74, 6) is 0.279. The molecule has 0 aromatic heterocycles. The van der Waals surface area contributed by atoms with Crippen LogP contribution in [0.2, 0.25) is 10.0 Å². The normalized spacial score (nSPS) is 15.2. The topological polar surface area (TPSA) is 38.7 Å². The Morgan fingerprint density at radius 2 is 1.52 bits per heavy atom. The summed E-state index contributed by atoms with van der Waals surface area (Å²) in [7, 11) is 2.18. The summed E-state index contributed by atoms with van der Waals surface area (Å²) < 4.78 is 0. The van der Waals surface area contributed by atoms with Crippen molar-refractivity contribution < 1.29 is 5.11 Å². The molecule has 0 unspecified atom stereocenters. The van der Waals surface area contributed by atoms with E-state index >= 15 is 0 Å². The van der Waals surface area contributed by atoms with Crippen LogP contribution in [0.3, 0.4) is 0 Å². The van der Waals surface area contributed by atoms with Gasteiger partial charge in [-0.3, -0.25) is 4.90 Å². The van der Waals surface area contributed by atoms with Crippen LogP contribution in [0.1, 0.15) is 22.3 Å². The summed E-state index contributed by atoms with van der Waals surface area (Å²) in [4.78, 5) is 4.87. The Labute approximate surface area is 206 Å². The Kier molecular flexibility index (Phi) is 7.94. The first kappa shape index (κ1) is 23.7. The maximum atomic E-state index is 10.3. The number of phenolic OH excluding ortho intramolecular Hbond substituents is 1. The maximum absolute atomic E-state index is 10.3. The Morgan fingerprint density at radius 1 is 0.848 bits per heavy atom. The van der Waals surface area contributed by atoms with Crippen LogP contribution < -0.4 is 5.32 Å². The maximum Gasteiger partial charge on any atom is 0.120 e. The summed E-state index contributed by atoms with van der Waals surface area (Å²) >= 11 is 12.1. The van der Waals surface area contributed by atoms with E-state index in [0.717, 1.165) is 55.1 Å². The molecule has 0 bridgehead atoms. The molecule has 4 nitrogen and oxygen atoms in total. The summed E-state index contributed by atoms with van der Waals surface area (Å²) in [5, 5.41) is 14.8. The van der Waals surface area contributed by atoms with E-state index in [9.17, 15) is 5.11 Å². The molecule has 1 aliphatic rings. The van der Waals surface area contributed by atoms with Gasteiger partial charge in [-0.05, 0) is 60.1 Å². The zero-order valence-corrected chi connectivity index (χ0v) is 20.3. The fourth-order valence-corrected chi connectivity index (χ4v) is 4.16. The van der Waals surface area contributed by atoms with Crippen molar-refractivity contribution in [3.8, 4) is 5.75 Å². The van der Waals surface area contributed by atoms with Crippen molar-refractivity contribution in [3.05, 3.63) is 93.0 Å². The van der Waals surface area contributed by atoms with Gasteiger partial charge >= 0.3 is 0 Å². The Morgan fingerprint density at radius 3 is 2.21 bits per heavy atom. The first-order chi connectivity index (χ1) is 16.0. The number of halogens is 2. The smallest absolute Gasteiger partial charge is 0.120 e. The van der Waals surface area contributed by atoms with Gasteiger partial charge in [-0.15, -0.1) is 0 Å². The highest BCUT2D eigenvalue weighted by Gasteiger charge is 2.13. The van der Waals surface area contributed by atoms with E-state index in [1.165, 1.54) is 5.56 Å². The average molecular weight is 482 g/mol. The van der Waals surface area contributed by atoms with Gasteiger partial charge in [-0.2, -0.15) is 0 Å². The van der Waals surface area contributed by atoms with Crippen LogP contribution in [0, 0.1) is 0 Å². The third-order valence-electron chi connectivity index (χ3n) is 5.95. The van der Waals surface area contributed by atoms with Crippen molar-refractivity contribution in [1.29, 1.82) is 0 Å². The molecule has 1 heterocycles. The molecule has 0 spiro atoms. The number of rotatable bonds is 7. The summed E-state index contributed by atoms with van der Waals surface area (Å²) in [6, 6.07) is 19.7. The molecule has 0 saturated carbocycles. The molecule has 6 heteroatoms. The van der Waals surface area contributed by atoms with Crippen LogP contribution in [-0.4, -0.2) is 48.1 Å². The fourth-order valence-electron chi connectivity index (χ4n) is 3.85. The lowest BCUT2D eigenvalue weighted by Gasteiger charge is -2.32. The zero-order valence-electron chi connectivity index (χ0n) is 18.8. The number of anilines is 1. The predicted molar refractivity (Wildman–Crippen MR) is 140 cm³/mol. The van der Waals surface area contributed by atoms with Gasteiger partial charge in [-0.25, -0.2) is 0 Å². The highest BCUT2D eigenvalue weighted by atomic mass is 35.5. The lowest BCUT2D eigenvalue weighted by atomic mass is 10.1. The van der Waals surface area contributed by atoms with Crippen LogP contribution in [0.15, 0.2) is 60.7 Å². The van der Waals surface area contributed by atoms with E-state index in [0.29, 0.717) is 16.6 Å². The minimum Gasteiger partial charge on any atom is -0.508 e. The van der Waals surface area contributed by atoms with E-state index < -0.39 is 0 Å². The molecule has 3 aromatic rings. The van der Waals surface area contributed by atoms with Crippen molar-refractivity contribution >= 4 is 41.0 Å². The first-order valence-electron chi connectivity index (χ1n) is 11.1. The number of benzene rings is 3. The molecule has 0 atom stereocenters. The quantitative estimate of drug-likeness (QED) is 0.392. The van der Waals surface area contributed by atoms with Gasteiger partial charge in [0.05, 0.1) is 10.0 Å². The monoisotopic (exact) mass is 481 g/mol. The van der Waals surface area contributed by atoms with Crippen LogP contribution in [0.4, 0.5) is 5.69 Å². The van der Waals surface area contributed by atoms with Gasteiger partial charge in [0.15, 0.2) is 0 Å². The molecule has 4 rings (SSSR count). The standard InChI is InChI=1S/C27H29Cl2N3O/c1-31-12-14-32(15-13-31)19-22-4-8-24(9-5-22)30-18-23-16-20(7-11-27(23)33)2-3-21-6-10-25(28)26(29)17-21/h2-11,16-17,30,33H,12-15,18-19H2,1H3/b3-2+. The molecular weight excluding hydrogens is 453 g/mol. The summed E-state index contributed by atoms with van der Waals surface area (Å²) in [6.45, 7) is 6.02. The van der Waals surface area contributed by atoms with Gasteiger partial charge in [0, 0.05) is 50.5 Å². The van der Waals surface area contributed by atoms with Gasteiger partial charge in [0.25, 0.3) is 0 Å². The second kappa shape index (κ2) is 11.1. The Hall–Kier alpha value is -2.50. The van der Waals surface area contributed by atoms with Gasteiger partial charge < -0.3 is 15.3 Å². The van der Waals surface area contributed by atoms with Crippen LogP contribution in [0.5, 0.6) is 5.75 Å². The van der Waals surface area contributed by atoms with Crippen molar-refractivity contribution in [2.75, 3.05) is 38.5 Å². The minimum atomic E-state index is 0.279. The van der Waals surface area contributed by atoms with Crippen molar-refractivity contribution in [2.24, 2.45) is 0 Å². The first-order valence-corrected chi connectivity index (χ1v) is 11.9. The third-order valence-corrected chi connectivity index (χ3v) is 6.69. The van der Waals surface area contributed by atoms with Crippen LogP contribution in [0.25, 0.3) is 12.2 Å². The number of piperazine rings is 1.